The fraction of sp³-hybridized carbons (Fsp3) is 0.545. The van der Waals surface area contributed by atoms with E-state index in [1.807, 2.05) is 4.90 Å². The van der Waals surface area contributed by atoms with Crippen molar-refractivity contribution >= 4 is 33.3 Å². The lowest BCUT2D eigenvalue weighted by Crippen LogP contribution is -2.50. The maximum Gasteiger partial charge on any atom is 0.349 e. The summed E-state index contributed by atoms with van der Waals surface area (Å²) in [4.78, 5) is 27.7. The third-order valence-corrected chi connectivity index (χ3v) is 7.30. The first-order valence-electron chi connectivity index (χ1n) is 10.3. The number of benzene rings is 1. The fourth-order valence-corrected chi connectivity index (χ4v) is 5.94. The van der Waals surface area contributed by atoms with Crippen LogP contribution in [0.4, 0.5) is 4.39 Å². The van der Waals surface area contributed by atoms with E-state index in [-0.39, 0.29) is 25.2 Å². The van der Waals surface area contributed by atoms with E-state index in [4.69, 9.17) is 9.47 Å². The van der Waals surface area contributed by atoms with Gasteiger partial charge in [0.05, 0.1) is 6.61 Å². The number of carbonyl (C=O) groups is 2. The first-order chi connectivity index (χ1) is 14.1. The maximum atomic E-state index is 14.3. The molecular weight excluding hydrogens is 393 g/mol. The van der Waals surface area contributed by atoms with Crippen LogP contribution < -0.4 is 0 Å². The van der Waals surface area contributed by atoms with Crippen molar-refractivity contribution in [2.45, 2.75) is 51.2 Å². The number of nitrogens with zero attached hydrogens (tertiary/aromatic N) is 1. The highest BCUT2D eigenvalue weighted by molar-refractivity contribution is 7.21. The Kier molecular flexibility index (Phi) is 6.15. The zero-order valence-electron chi connectivity index (χ0n) is 16.6. The normalized spacial score (nSPS) is 21.8. The molecule has 29 heavy (non-hydrogen) atoms. The Balaban J connectivity index is 1.47. The summed E-state index contributed by atoms with van der Waals surface area (Å²) in [6.07, 6.45) is 6.80. The van der Waals surface area contributed by atoms with Crippen LogP contribution in [0.1, 0.15) is 53.8 Å². The number of esters is 1. The largest absolute Gasteiger partial charge is 0.451 e. The summed E-state index contributed by atoms with van der Waals surface area (Å²) in [5, 5.41) is 0.388. The van der Waals surface area contributed by atoms with Crippen LogP contribution in [0.2, 0.25) is 0 Å². The van der Waals surface area contributed by atoms with Gasteiger partial charge in [-0.15, -0.1) is 11.3 Å². The predicted molar refractivity (Wildman–Crippen MR) is 109 cm³/mol. The van der Waals surface area contributed by atoms with Crippen LogP contribution in [0, 0.1) is 11.7 Å². The molecule has 2 fully saturated rings. The lowest BCUT2D eigenvalue weighted by molar-refractivity contribution is -0.140. The van der Waals surface area contributed by atoms with Gasteiger partial charge in [-0.25, -0.2) is 9.18 Å². The second-order valence-electron chi connectivity index (χ2n) is 7.87. The van der Waals surface area contributed by atoms with E-state index in [2.05, 4.69) is 0 Å². The average molecular weight is 420 g/mol. The quantitative estimate of drug-likeness (QED) is 0.669. The Bertz CT molecular complexity index is 910. The predicted octanol–water partition coefficient (Wildman–Crippen LogP) is 4.52. The minimum absolute atomic E-state index is 0.106. The van der Waals surface area contributed by atoms with Crippen LogP contribution in [-0.2, 0) is 20.9 Å². The van der Waals surface area contributed by atoms with Crippen molar-refractivity contribution in [2.24, 2.45) is 5.92 Å². The molecule has 1 saturated heterocycles. The van der Waals surface area contributed by atoms with Crippen LogP contribution in [0.3, 0.4) is 0 Å². The highest BCUT2D eigenvalue weighted by Crippen LogP contribution is 2.36. The number of amides is 1. The molecule has 2 aromatic rings. The monoisotopic (exact) mass is 419 g/mol. The molecule has 0 radical (unpaired) electrons. The van der Waals surface area contributed by atoms with E-state index >= 15 is 0 Å². The van der Waals surface area contributed by atoms with Crippen LogP contribution >= 0.6 is 11.3 Å². The third-order valence-electron chi connectivity index (χ3n) is 6.13. The Morgan fingerprint density at radius 1 is 1.21 bits per heavy atom. The van der Waals surface area contributed by atoms with Gasteiger partial charge in [0.2, 0.25) is 0 Å². The molecule has 2 aliphatic rings. The van der Waals surface area contributed by atoms with E-state index in [1.54, 1.807) is 12.1 Å². The summed E-state index contributed by atoms with van der Waals surface area (Å²) in [5.41, 5.74) is 0.480. The standard InChI is InChI=1S/C22H26FNO4S/c1-27-12-15-20-16(23)8-4-10-18(20)29-21(15)22(26)28-13-19(25)24-11-5-7-14-6-2-3-9-17(14)24/h4,8,10,14,17H,2-3,5-7,9,11-13H2,1H3/t14-,17-/m1/s1. The van der Waals surface area contributed by atoms with Gasteiger partial charge in [0.15, 0.2) is 6.61 Å². The van der Waals surface area contributed by atoms with Crippen molar-refractivity contribution in [1.29, 1.82) is 0 Å². The number of carbonyl (C=O) groups excluding carboxylic acids is 2. The number of ether oxygens (including phenoxy) is 2. The number of methoxy groups -OCH3 is 1. The number of piperidine rings is 1. The van der Waals surface area contributed by atoms with Crippen molar-refractivity contribution in [3.8, 4) is 0 Å². The van der Waals surface area contributed by atoms with Crippen LogP contribution in [-0.4, -0.2) is 43.1 Å². The van der Waals surface area contributed by atoms with Gasteiger partial charge in [0, 0.05) is 35.3 Å². The van der Waals surface area contributed by atoms with Crippen molar-refractivity contribution in [1.82, 2.24) is 4.90 Å². The topological polar surface area (TPSA) is 55.8 Å². The number of likely N-dealkylation sites (tertiary alicyclic amines) is 1. The van der Waals surface area contributed by atoms with Crippen LogP contribution in [0.5, 0.6) is 0 Å². The molecule has 1 aromatic carbocycles. The van der Waals surface area contributed by atoms with Gasteiger partial charge in [0.1, 0.15) is 10.7 Å². The third kappa shape index (κ3) is 4.03. The van der Waals surface area contributed by atoms with E-state index in [1.165, 1.54) is 43.8 Å². The SMILES string of the molecule is COCc1c(C(=O)OCC(=O)N2CCC[C@H]3CCCC[C@H]32)sc2cccc(F)c12. The molecule has 2 heterocycles. The van der Waals surface area contributed by atoms with E-state index < -0.39 is 11.8 Å². The lowest BCUT2D eigenvalue weighted by atomic mass is 9.78. The van der Waals surface area contributed by atoms with Gasteiger partial charge in [-0.1, -0.05) is 18.9 Å². The van der Waals surface area contributed by atoms with Crippen LogP contribution in [0.25, 0.3) is 10.1 Å². The van der Waals surface area contributed by atoms with Crippen molar-refractivity contribution in [3.05, 3.63) is 34.5 Å². The minimum atomic E-state index is -0.594. The zero-order chi connectivity index (χ0) is 20.4. The molecule has 0 N–H and O–H groups in total. The molecule has 1 saturated carbocycles. The van der Waals surface area contributed by atoms with Gasteiger partial charge in [-0.05, 0) is 43.7 Å². The Hall–Kier alpha value is -1.99. The highest BCUT2D eigenvalue weighted by atomic mass is 32.1. The summed E-state index contributed by atoms with van der Waals surface area (Å²) < 4.78 is 25.5. The second-order valence-corrected chi connectivity index (χ2v) is 8.93. The molecule has 5 nitrogen and oxygen atoms in total. The van der Waals surface area contributed by atoms with Crippen molar-refractivity contribution in [3.63, 3.8) is 0 Å². The molecule has 4 rings (SSSR count). The summed E-state index contributed by atoms with van der Waals surface area (Å²) in [6.45, 7) is 0.570. The smallest absolute Gasteiger partial charge is 0.349 e. The second kappa shape index (κ2) is 8.79. The van der Waals surface area contributed by atoms with E-state index in [9.17, 15) is 14.0 Å². The molecule has 0 spiro atoms. The molecule has 0 unspecified atom stereocenters. The lowest BCUT2D eigenvalue weighted by Gasteiger charge is -2.44. The van der Waals surface area contributed by atoms with Gasteiger partial charge in [-0.2, -0.15) is 0 Å². The van der Waals surface area contributed by atoms with E-state index in [0.29, 0.717) is 26.4 Å². The minimum Gasteiger partial charge on any atom is -0.451 e. The van der Waals surface area contributed by atoms with Gasteiger partial charge < -0.3 is 14.4 Å². The Morgan fingerprint density at radius 2 is 2.00 bits per heavy atom. The first kappa shape index (κ1) is 20.3. The number of hydrogen-bond donors (Lipinski definition) is 0. The molecule has 1 aliphatic heterocycles. The molecule has 1 aliphatic carbocycles. The van der Waals surface area contributed by atoms with Crippen molar-refractivity contribution < 1.29 is 23.5 Å². The number of fused-ring (bicyclic) bond motifs is 2. The first-order valence-corrected chi connectivity index (χ1v) is 11.1. The summed E-state index contributed by atoms with van der Waals surface area (Å²) in [5.74, 6) is -0.535. The summed E-state index contributed by atoms with van der Waals surface area (Å²) in [7, 11) is 1.50. The Labute approximate surface area is 173 Å². The average Bonchev–Trinajstić information content (AvgIpc) is 3.11. The number of halogens is 1. The number of rotatable bonds is 5. The maximum absolute atomic E-state index is 14.3. The van der Waals surface area contributed by atoms with E-state index in [0.717, 1.165) is 25.8 Å². The molecule has 1 aromatic heterocycles. The number of thiophene rings is 1. The molecule has 2 atom stereocenters. The number of hydrogen-bond acceptors (Lipinski definition) is 5. The van der Waals surface area contributed by atoms with Gasteiger partial charge in [-0.3, -0.25) is 4.79 Å². The summed E-state index contributed by atoms with van der Waals surface area (Å²) >= 11 is 1.17. The molecule has 7 heteroatoms. The highest BCUT2D eigenvalue weighted by Gasteiger charge is 2.36. The fourth-order valence-electron chi connectivity index (χ4n) is 4.82. The molecular formula is C22H26FNO4S. The molecule has 1 amide bonds. The summed E-state index contributed by atoms with van der Waals surface area (Å²) in [6, 6.07) is 5.02. The zero-order valence-corrected chi connectivity index (χ0v) is 17.4. The van der Waals surface area contributed by atoms with Gasteiger partial charge >= 0.3 is 5.97 Å². The van der Waals surface area contributed by atoms with Crippen molar-refractivity contribution in [2.75, 3.05) is 20.3 Å². The molecule has 156 valence electrons. The Morgan fingerprint density at radius 3 is 2.83 bits per heavy atom. The van der Waals surface area contributed by atoms with Crippen LogP contribution in [0.15, 0.2) is 18.2 Å². The molecule has 0 bridgehead atoms. The van der Waals surface area contributed by atoms with Gasteiger partial charge in [0.25, 0.3) is 5.91 Å².